The molecular formula is C16H12N4O8. The molecule has 2 aromatic carbocycles. The number of para-hydroxylation sites is 2. The van der Waals surface area contributed by atoms with Crippen LogP contribution >= 0.6 is 0 Å². The Morgan fingerprint density at radius 1 is 1.21 bits per heavy atom. The predicted molar refractivity (Wildman–Crippen MR) is 93.5 cm³/mol. The summed E-state index contributed by atoms with van der Waals surface area (Å²) in [5, 5.41) is 35.2. The van der Waals surface area contributed by atoms with E-state index >= 15 is 0 Å². The van der Waals surface area contributed by atoms with Crippen molar-refractivity contribution in [3.8, 4) is 17.2 Å². The van der Waals surface area contributed by atoms with Gasteiger partial charge in [-0.25, -0.2) is 5.43 Å². The number of hydrazone groups is 1. The number of aromatic hydroxyl groups is 1. The van der Waals surface area contributed by atoms with E-state index in [0.717, 1.165) is 12.3 Å². The van der Waals surface area contributed by atoms with Gasteiger partial charge < -0.3 is 14.6 Å². The third-order valence-electron chi connectivity index (χ3n) is 3.69. The monoisotopic (exact) mass is 388 g/mol. The summed E-state index contributed by atoms with van der Waals surface area (Å²) in [5.74, 6) is -0.626. The molecule has 0 unspecified atom stereocenters. The fraction of sp³-hybridized carbons (Fsp3) is 0.125. The highest BCUT2D eigenvalue weighted by molar-refractivity contribution is 5.89. The van der Waals surface area contributed by atoms with Gasteiger partial charge in [0.25, 0.3) is 11.6 Å². The lowest BCUT2D eigenvalue weighted by Crippen LogP contribution is -2.42. The summed E-state index contributed by atoms with van der Waals surface area (Å²) >= 11 is 0. The molecule has 1 aliphatic heterocycles. The number of carbonyl (C=O) groups excluding carboxylic acids is 1. The van der Waals surface area contributed by atoms with Crippen LogP contribution in [0.25, 0.3) is 0 Å². The molecule has 0 radical (unpaired) electrons. The number of phenolic OH excluding ortho intramolecular Hbond substituents is 1. The molecule has 3 rings (SSSR count). The second kappa shape index (κ2) is 7.57. The zero-order chi connectivity index (χ0) is 20.3. The van der Waals surface area contributed by atoms with E-state index in [1.807, 2.05) is 0 Å². The summed E-state index contributed by atoms with van der Waals surface area (Å²) in [5.41, 5.74) is 0.347. The van der Waals surface area contributed by atoms with E-state index in [4.69, 9.17) is 9.47 Å². The standard InChI is InChI=1S/C16H12N4O8/c21-15-9(5-10(19(23)24)6-11(15)20(25)26)7-17-18-16(22)14-8-27-12-3-1-2-4-13(12)28-14/h1-7,14,21H,8H2,(H,18,22)/b17-7-/t14-/m1/s1. The molecule has 0 fully saturated rings. The molecule has 0 aliphatic carbocycles. The fourth-order valence-electron chi connectivity index (χ4n) is 2.35. The Labute approximate surface area is 156 Å². The molecule has 144 valence electrons. The molecule has 1 amide bonds. The second-order valence-corrected chi connectivity index (χ2v) is 5.52. The van der Waals surface area contributed by atoms with Gasteiger partial charge >= 0.3 is 5.69 Å². The van der Waals surface area contributed by atoms with Crippen LogP contribution in [-0.4, -0.2) is 39.8 Å². The minimum absolute atomic E-state index is 0.0636. The third kappa shape index (κ3) is 3.80. The number of nitrogens with one attached hydrogen (secondary N) is 1. The molecule has 1 atom stereocenters. The minimum Gasteiger partial charge on any atom is -0.502 e. The summed E-state index contributed by atoms with van der Waals surface area (Å²) in [7, 11) is 0. The van der Waals surface area contributed by atoms with E-state index in [9.17, 15) is 30.1 Å². The average molecular weight is 388 g/mol. The minimum atomic E-state index is -1.000. The number of nitrogens with zero attached hydrogens (tertiary/aromatic N) is 3. The highest BCUT2D eigenvalue weighted by Gasteiger charge is 2.27. The van der Waals surface area contributed by atoms with E-state index in [2.05, 4.69) is 10.5 Å². The van der Waals surface area contributed by atoms with Crippen LogP contribution in [0.2, 0.25) is 0 Å². The number of carbonyl (C=O) groups is 1. The lowest BCUT2D eigenvalue weighted by molar-refractivity contribution is -0.394. The second-order valence-electron chi connectivity index (χ2n) is 5.52. The SMILES string of the molecule is O=C(N/N=C\c1cc([N+](=O)[O-])cc([N+](=O)[O-])c1O)[C@H]1COc2ccccc2O1. The van der Waals surface area contributed by atoms with Crippen LogP contribution < -0.4 is 14.9 Å². The highest BCUT2D eigenvalue weighted by atomic mass is 16.6. The number of hydrogen-bond donors (Lipinski definition) is 2. The maximum Gasteiger partial charge on any atom is 0.318 e. The highest BCUT2D eigenvalue weighted by Crippen LogP contribution is 2.33. The van der Waals surface area contributed by atoms with Crippen molar-refractivity contribution in [1.82, 2.24) is 5.43 Å². The van der Waals surface area contributed by atoms with E-state index < -0.39 is 39.0 Å². The van der Waals surface area contributed by atoms with Crippen LogP contribution in [-0.2, 0) is 4.79 Å². The van der Waals surface area contributed by atoms with Crippen molar-refractivity contribution >= 4 is 23.5 Å². The molecule has 0 saturated carbocycles. The van der Waals surface area contributed by atoms with Gasteiger partial charge in [0.1, 0.15) is 6.61 Å². The summed E-state index contributed by atoms with van der Waals surface area (Å²) < 4.78 is 10.9. The smallest absolute Gasteiger partial charge is 0.318 e. The van der Waals surface area contributed by atoms with Gasteiger partial charge in [-0.2, -0.15) is 5.10 Å². The average Bonchev–Trinajstić information content (AvgIpc) is 2.68. The Morgan fingerprint density at radius 3 is 2.61 bits per heavy atom. The predicted octanol–water partition coefficient (Wildman–Crippen LogP) is 1.50. The Morgan fingerprint density at radius 2 is 1.93 bits per heavy atom. The summed E-state index contributed by atoms with van der Waals surface area (Å²) in [6.07, 6.45) is -0.148. The lowest BCUT2D eigenvalue weighted by atomic mass is 10.1. The van der Waals surface area contributed by atoms with Crippen molar-refractivity contribution in [1.29, 1.82) is 0 Å². The maximum absolute atomic E-state index is 12.1. The molecule has 12 heteroatoms. The number of benzene rings is 2. The number of ether oxygens (including phenoxy) is 2. The number of phenols is 1. The summed E-state index contributed by atoms with van der Waals surface area (Å²) in [4.78, 5) is 32.1. The Bertz CT molecular complexity index is 991. The first kappa shape index (κ1) is 18.6. The van der Waals surface area contributed by atoms with E-state index in [0.29, 0.717) is 17.6 Å². The summed E-state index contributed by atoms with van der Waals surface area (Å²) in [6, 6.07) is 8.26. The number of rotatable bonds is 5. The van der Waals surface area contributed by atoms with Crippen LogP contribution in [0.3, 0.4) is 0 Å². The van der Waals surface area contributed by atoms with Gasteiger partial charge in [0.05, 0.1) is 27.7 Å². The quantitative estimate of drug-likeness (QED) is 0.441. The van der Waals surface area contributed by atoms with Crippen molar-refractivity contribution in [2.45, 2.75) is 6.10 Å². The largest absolute Gasteiger partial charge is 0.502 e. The van der Waals surface area contributed by atoms with Gasteiger partial charge in [-0.05, 0) is 12.1 Å². The molecule has 0 bridgehead atoms. The molecule has 0 aromatic heterocycles. The van der Waals surface area contributed by atoms with Crippen LogP contribution in [0.15, 0.2) is 41.5 Å². The topological polar surface area (TPSA) is 166 Å². The Balaban J connectivity index is 1.73. The van der Waals surface area contributed by atoms with Crippen molar-refractivity contribution in [3.63, 3.8) is 0 Å². The lowest BCUT2D eigenvalue weighted by Gasteiger charge is -2.24. The molecule has 0 spiro atoms. The zero-order valence-corrected chi connectivity index (χ0v) is 14.0. The van der Waals surface area contributed by atoms with Gasteiger partial charge in [0, 0.05) is 6.07 Å². The van der Waals surface area contributed by atoms with Gasteiger partial charge in [0.2, 0.25) is 11.9 Å². The van der Waals surface area contributed by atoms with Gasteiger partial charge in [0.15, 0.2) is 11.5 Å². The van der Waals surface area contributed by atoms with Crippen molar-refractivity contribution in [2.24, 2.45) is 5.10 Å². The summed E-state index contributed by atoms with van der Waals surface area (Å²) in [6.45, 7) is -0.0636. The molecule has 28 heavy (non-hydrogen) atoms. The molecule has 1 aliphatic rings. The fourth-order valence-corrected chi connectivity index (χ4v) is 2.35. The normalized spacial score (nSPS) is 15.2. The Hall–Kier alpha value is -4.22. The van der Waals surface area contributed by atoms with Crippen LogP contribution in [0, 0.1) is 20.2 Å². The molecule has 2 aromatic rings. The van der Waals surface area contributed by atoms with Crippen molar-refractivity contribution in [3.05, 3.63) is 62.2 Å². The maximum atomic E-state index is 12.1. The van der Waals surface area contributed by atoms with Crippen LogP contribution in [0.4, 0.5) is 11.4 Å². The first-order valence-electron chi connectivity index (χ1n) is 7.74. The van der Waals surface area contributed by atoms with Crippen LogP contribution in [0.5, 0.6) is 17.2 Å². The molecular weight excluding hydrogens is 376 g/mol. The first-order valence-corrected chi connectivity index (χ1v) is 7.74. The van der Waals surface area contributed by atoms with Gasteiger partial charge in [-0.1, -0.05) is 12.1 Å². The third-order valence-corrected chi connectivity index (χ3v) is 3.69. The molecule has 1 heterocycles. The van der Waals surface area contributed by atoms with E-state index in [1.165, 1.54) is 0 Å². The number of nitro groups is 2. The molecule has 12 nitrogen and oxygen atoms in total. The number of amides is 1. The van der Waals surface area contributed by atoms with Crippen molar-refractivity contribution in [2.75, 3.05) is 6.61 Å². The van der Waals surface area contributed by atoms with E-state index in [1.54, 1.807) is 24.3 Å². The first-order chi connectivity index (χ1) is 13.4. The van der Waals surface area contributed by atoms with E-state index in [-0.39, 0.29) is 12.2 Å². The zero-order valence-electron chi connectivity index (χ0n) is 14.0. The molecule has 2 N–H and O–H groups in total. The van der Waals surface area contributed by atoms with Crippen molar-refractivity contribution < 1.29 is 29.2 Å². The number of fused-ring (bicyclic) bond motifs is 1. The van der Waals surface area contributed by atoms with Gasteiger partial charge in [-0.15, -0.1) is 0 Å². The van der Waals surface area contributed by atoms with Crippen LogP contribution in [0.1, 0.15) is 5.56 Å². The number of non-ortho nitro benzene ring substituents is 1. The molecule has 0 saturated heterocycles. The Kier molecular flexibility index (Phi) is 5.02. The number of nitro benzene ring substituents is 2. The van der Waals surface area contributed by atoms with Gasteiger partial charge in [-0.3, -0.25) is 25.0 Å². The number of hydrogen-bond acceptors (Lipinski definition) is 9.